The molecular weight excluding hydrogens is 292 g/mol. The zero-order chi connectivity index (χ0) is 15.6. The van der Waals surface area contributed by atoms with Crippen molar-refractivity contribution in [3.8, 4) is 0 Å². The van der Waals surface area contributed by atoms with Crippen molar-refractivity contribution in [2.75, 3.05) is 19.6 Å². The molecule has 1 aliphatic rings. The third kappa shape index (κ3) is 5.73. The quantitative estimate of drug-likeness (QED) is 0.701. The maximum Gasteiger partial charge on any atom is 0.222 e. The van der Waals surface area contributed by atoms with Gasteiger partial charge in [0.2, 0.25) is 5.91 Å². The number of amides is 1. The molecule has 1 aromatic rings. The average Bonchev–Trinajstić information content (AvgIpc) is 3.06. The molecule has 1 saturated heterocycles. The number of unbranched alkanes of at least 4 members (excludes halogenated alkanes) is 2. The molecule has 0 radical (unpaired) electrons. The van der Waals surface area contributed by atoms with Crippen LogP contribution >= 0.6 is 11.3 Å². The predicted octanol–water partition coefficient (Wildman–Crippen LogP) is 3.84. The smallest absolute Gasteiger partial charge is 0.222 e. The number of nitrogens with one attached hydrogen (secondary N) is 1. The number of thiophene rings is 1. The van der Waals surface area contributed by atoms with Gasteiger partial charge in [-0.15, -0.1) is 11.3 Å². The molecule has 2 heterocycles. The van der Waals surface area contributed by atoms with Crippen LogP contribution in [0.1, 0.15) is 56.7 Å². The normalized spacial score (nSPS) is 15.9. The zero-order valence-corrected chi connectivity index (χ0v) is 14.7. The van der Waals surface area contributed by atoms with Crippen LogP contribution in [0.2, 0.25) is 0 Å². The van der Waals surface area contributed by atoms with Gasteiger partial charge >= 0.3 is 0 Å². The highest BCUT2D eigenvalue weighted by atomic mass is 32.1. The van der Waals surface area contributed by atoms with Crippen LogP contribution in [0, 0.1) is 0 Å². The van der Waals surface area contributed by atoms with Crippen molar-refractivity contribution < 1.29 is 4.79 Å². The first-order chi connectivity index (χ1) is 10.8. The van der Waals surface area contributed by atoms with Crippen LogP contribution in [-0.2, 0) is 11.2 Å². The Bertz CT molecular complexity index is 413. The summed E-state index contributed by atoms with van der Waals surface area (Å²) in [5.41, 5.74) is 0. The van der Waals surface area contributed by atoms with Crippen LogP contribution in [0.4, 0.5) is 0 Å². The number of nitrogens with zero attached hydrogens (tertiary/aromatic N) is 1. The molecule has 1 N–H and O–H groups in total. The van der Waals surface area contributed by atoms with Crippen LogP contribution in [0.5, 0.6) is 0 Å². The maximum atomic E-state index is 12.5. The monoisotopic (exact) mass is 322 g/mol. The van der Waals surface area contributed by atoms with E-state index in [0.29, 0.717) is 11.9 Å². The van der Waals surface area contributed by atoms with Crippen molar-refractivity contribution in [3.63, 3.8) is 0 Å². The van der Waals surface area contributed by atoms with Crippen LogP contribution in [0.15, 0.2) is 17.5 Å². The second kappa shape index (κ2) is 10.0. The fourth-order valence-electron chi connectivity index (χ4n) is 3.22. The Morgan fingerprint density at radius 2 is 2.14 bits per heavy atom. The summed E-state index contributed by atoms with van der Waals surface area (Å²) in [6.45, 7) is 5.21. The summed E-state index contributed by atoms with van der Waals surface area (Å²) < 4.78 is 0. The number of carbonyl (C=O) groups excluding carboxylic acids is 1. The molecule has 2 rings (SSSR count). The largest absolute Gasteiger partial charge is 0.340 e. The Hall–Kier alpha value is -0.870. The molecule has 1 aromatic heterocycles. The summed E-state index contributed by atoms with van der Waals surface area (Å²) in [5, 5.41) is 5.53. The minimum absolute atomic E-state index is 0.380. The molecule has 124 valence electrons. The van der Waals surface area contributed by atoms with E-state index >= 15 is 0 Å². The number of hydrogen-bond donors (Lipinski definition) is 1. The Labute approximate surface area is 139 Å². The lowest BCUT2D eigenvalue weighted by atomic mass is 10.0. The molecule has 0 aliphatic carbocycles. The topological polar surface area (TPSA) is 32.3 Å². The average molecular weight is 323 g/mol. The molecule has 22 heavy (non-hydrogen) atoms. The highest BCUT2D eigenvalue weighted by Crippen LogP contribution is 2.17. The van der Waals surface area contributed by atoms with Crippen molar-refractivity contribution in [1.82, 2.24) is 10.2 Å². The first kappa shape index (κ1) is 17.5. The number of aryl methyl sites for hydroxylation is 1. The fourth-order valence-corrected chi connectivity index (χ4v) is 3.97. The maximum absolute atomic E-state index is 12.5. The Kier molecular flexibility index (Phi) is 7.95. The summed E-state index contributed by atoms with van der Waals surface area (Å²) in [6.07, 6.45) is 8.59. The van der Waals surface area contributed by atoms with Crippen LogP contribution in [-0.4, -0.2) is 36.5 Å². The van der Waals surface area contributed by atoms with Gasteiger partial charge in [-0.05, 0) is 63.1 Å². The fraction of sp³-hybridized carbons (Fsp3) is 0.722. The van der Waals surface area contributed by atoms with Gasteiger partial charge in [0.15, 0.2) is 0 Å². The first-order valence-electron chi connectivity index (χ1n) is 8.84. The van der Waals surface area contributed by atoms with Gasteiger partial charge in [0.05, 0.1) is 0 Å². The SMILES string of the molecule is CCCN(C(=O)CCCCCc1cccs1)C1CCNCC1. The number of piperidine rings is 1. The minimum atomic E-state index is 0.380. The van der Waals surface area contributed by atoms with E-state index in [2.05, 4.69) is 34.7 Å². The van der Waals surface area contributed by atoms with Gasteiger partial charge in [0, 0.05) is 23.9 Å². The van der Waals surface area contributed by atoms with E-state index in [0.717, 1.165) is 58.2 Å². The van der Waals surface area contributed by atoms with Crippen molar-refractivity contribution in [3.05, 3.63) is 22.4 Å². The second-order valence-electron chi connectivity index (χ2n) is 6.21. The molecule has 1 fully saturated rings. The van der Waals surface area contributed by atoms with E-state index in [9.17, 15) is 4.79 Å². The number of carbonyl (C=O) groups is 1. The number of hydrogen-bond acceptors (Lipinski definition) is 3. The van der Waals surface area contributed by atoms with Gasteiger partial charge in [0.25, 0.3) is 0 Å². The van der Waals surface area contributed by atoms with Gasteiger partial charge < -0.3 is 10.2 Å². The molecular formula is C18H30N2OS. The summed E-state index contributed by atoms with van der Waals surface area (Å²) in [5.74, 6) is 0.380. The van der Waals surface area contributed by atoms with E-state index in [1.165, 1.54) is 17.7 Å². The van der Waals surface area contributed by atoms with E-state index in [1.54, 1.807) is 0 Å². The molecule has 0 aromatic carbocycles. The number of rotatable bonds is 9. The summed E-state index contributed by atoms with van der Waals surface area (Å²) in [7, 11) is 0. The predicted molar refractivity (Wildman–Crippen MR) is 94.4 cm³/mol. The summed E-state index contributed by atoms with van der Waals surface area (Å²) in [6, 6.07) is 4.79. The molecule has 1 amide bonds. The van der Waals surface area contributed by atoms with Crippen LogP contribution in [0.25, 0.3) is 0 Å². The van der Waals surface area contributed by atoms with Crippen molar-refractivity contribution in [2.24, 2.45) is 0 Å². The Balaban J connectivity index is 1.66. The summed E-state index contributed by atoms with van der Waals surface area (Å²) in [4.78, 5) is 16.2. The van der Waals surface area contributed by atoms with Crippen LogP contribution < -0.4 is 5.32 Å². The van der Waals surface area contributed by atoms with Gasteiger partial charge in [0.1, 0.15) is 0 Å². The van der Waals surface area contributed by atoms with Crippen LogP contribution in [0.3, 0.4) is 0 Å². The first-order valence-corrected chi connectivity index (χ1v) is 9.71. The summed E-state index contributed by atoms with van der Waals surface area (Å²) >= 11 is 1.84. The molecule has 0 atom stereocenters. The van der Waals surface area contributed by atoms with E-state index < -0.39 is 0 Å². The van der Waals surface area contributed by atoms with Crippen molar-refractivity contribution in [2.45, 2.75) is 64.3 Å². The minimum Gasteiger partial charge on any atom is -0.340 e. The third-order valence-electron chi connectivity index (χ3n) is 4.43. The van der Waals surface area contributed by atoms with E-state index in [-0.39, 0.29) is 0 Å². The molecule has 1 aliphatic heterocycles. The van der Waals surface area contributed by atoms with E-state index in [1.807, 2.05) is 11.3 Å². The van der Waals surface area contributed by atoms with Gasteiger partial charge in [-0.1, -0.05) is 19.4 Å². The van der Waals surface area contributed by atoms with E-state index in [4.69, 9.17) is 0 Å². The second-order valence-corrected chi connectivity index (χ2v) is 7.24. The Morgan fingerprint density at radius 3 is 2.82 bits per heavy atom. The zero-order valence-electron chi connectivity index (χ0n) is 13.9. The van der Waals surface area contributed by atoms with Gasteiger partial charge in [-0.3, -0.25) is 4.79 Å². The lowest BCUT2D eigenvalue weighted by Crippen LogP contribution is -2.46. The standard InChI is InChI=1S/C18H30N2OS/c1-2-14-20(16-10-12-19-13-11-16)18(21)9-5-3-4-7-17-8-6-15-22-17/h6,8,15-16,19H,2-5,7,9-14H2,1H3. The van der Waals surface area contributed by atoms with Crippen molar-refractivity contribution >= 4 is 17.2 Å². The molecule has 0 unspecified atom stereocenters. The Morgan fingerprint density at radius 1 is 1.32 bits per heavy atom. The molecule has 4 heteroatoms. The lowest BCUT2D eigenvalue weighted by molar-refractivity contribution is -0.134. The highest BCUT2D eigenvalue weighted by Gasteiger charge is 2.23. The van der Waals surface area contributed by atoms with Gasteiger partial charge in [-0.25, -0.2) is 0 Å². The molecule has 0 saturated carbocycles. The highest BCUT2D eigenvalue weighted by molar-refractivity contribution is 7.09. The van der Waals surface area contributed by atoms with Crippen molar-refractivity contribution in [1.29, 1.82) is 0 Å². The lowest BCUT2D eigenvalue weighted by Gasteiger charge is -2.34. The molecule has 0 spiro atoms. The molecule has 3 nitrogen and oxygen atoms in total. The third-order valence-corrected chi connectivity index (χ3v) is 5.36. The van der Waals surface area contributed by atoms with Gasteiger partial charge in [-0.2, -0.15) is 0 Å². The molecule has 0 bridgehead atoms.